The molecule has 0 saturated carbocycles. The quantitative estimate of drug-likeness (QED) is 0.267. The summed E-state index contributed by atoms with van der Waals surface area (Å²) in [5, 5.41) is 17.1. The van der Waals surface area contributed by atoms with Crippen LogP contribution >= 0.6 is 22.9 Å². The molecule has 0 spiro atoms. The van der Waals surface area contributed by atoms with Crippen molar-refractivity contribution >= 4 is 39.1 Å². The smallest absolute Gasteiger partial charge is 0.305 e. The Morgan fingerprint density at radius 3 is 2.59 bits per heavy atom. The lowest BCUT2D eigenvalue weighted by Gasteiger charge is -2.26. The molecular weight excluding hydrogens is 472 g/mol. The third kappa shape index (κ3) is 7.84. The van der Waals surface area contributed by atoms with E-state index in [1.807, 2.05) is 30.3 Å². The van der Waals surface area contributed by atoms with E-state index in [1.54, 1.807) is 6.07 Å². The Hall–Kier alpha value is -2.39. The fraction of sp³-hybridized carbons (Fsp3) is 0.440. The fourth-order valence-corrected chi connectivity index (χ4v) is 4.82. The topological polar surface area (TPSA) is 97.5 Å². The highest BCUT2D eigenvalue weighted by Crippen LogP contribution is 2.27. The number of hydrogen-bond donors (Lipinski definition) is 4. The summed E-state index contributed by atoms with van der Waals surface area (Å²) in [6.45, 7) is 8.02. The van der Waals surface area contributed by atoms with E-state index in [-0.39, 0.29) is 16.5 Å². The van der Waals surface area contributed by atoms with Gasteiger partial charge in [0.15, 0.2) is 0 Å². The summed E-state index contributed by atoms with van der Waals surface area (Å²) in [4.78, 5) is 28.7. The second kappa shape index (κ2) is 12.9. The minimum Gasteiger partial charge on any atom is -0.506 e. The molecule has 0 unspecified atom stereocenters. The van der Waals surface area contributed by atoms with Crippen LogP contribution in [-0.2, 0) is 17.6 Å². The molecule has 0 aliphatic carbocycles. The number of rotatable bonds is 13. The molecule has 2 aromatic carbocycles. The van der Waals surface area contributed by atoms with Crippen LogP contribution < -0.4 is 15.5 Å². The Bertz CT molecular complexity index is 1130. The van der Waals surface area contributed by atoms with Gasteiger partial charge < -0.3 is 20.7 Å². The van der Waals surface area contributed by atoms with Gasteiger partial charge in [-0.3, -0.25) is 14.5 Å². The van der Waals surface area contributed by atoms with Crippen molar-refractivity contribution in [3.05, 3.63) is 62.2 Å². The number of carbonyl (C=O) groups is 1. The summed E-state index contributed by atoms with van der Waals surface area (Å²) in [6.07, 6.45) is 2.02. The summed E-state index contributed by atoms with van der Waals surface area (Å²) in [5.74, 6) is 0.168. The van der Waals surface area contributed by atoms with Gasteiger partial charge in [0.2, 0.25) is 5.91 Å². The van der Waals surface area contributed by atoms with Crippen molar-refractivity contribution < 1.29 is 9.90 Å². The van der Waals surface area contributed by atoms with Crippen LogP contribution in [0.15, 0.2) is 41.2 Å². The standard InChI is InChI=1S/C25H33ClN4O3S/c1-17(2)30(15-11-22(32)28-13-9-18-3-6-20(26)7-4-18)16-14-27-12-10-19-5-8-21(31)23-24(19)34-25(33)29-23/h3-8,17,27,31H,9-16H2,1-2H3,(H,28,32)(H,29,33). The average Bonchev–Trinajstić information content (AvgIpc) is 3.20. The van der Waals surface area contributed by atoms with Crippen LogP contribution in [0.5, 0.6) is 5.75 Å². The SMILES string of the molecule is CC(C)N(CCNCCc1ccc(O)c2[nH]c(=O)sc12)CCC(=O)NCCc1ccc(Cl)cc1. The van der Waals surface area contributed by atoms with Crippen LogP contribution in [0.25, 0.3) is 10.2 Å². The number of H-pyrrole nitrogens is 1. The first-order chi connectivity index (χ1) is 16.3. The molecule has 1 aromatic heterocycles. The van der Waals surface area contributed by atoms with Crippen molar-refractivity contribution in [2.75, 3.05) is 32.7 Å². The molecule has 4 N–H and O–H groups in total. The number of nitrogens with zero attached hydrogens (tertiary/aromatic N) is 1. The Balaban J connectivity index is 1.35. The van der Waals surface area contributed by atoms with Crippen LogP contribution in [0, 0.1) is 0 Å². The second-order valence-electron chi connectivity index (χ2n) is 8.57. The molecule has 0 fully saturated rings. The highest BCUT2D eigenvalue weighted by atomic mass is 35.5. The van der Waals surface area contributed by atoms with Crippen LogP contribution in [0.3, 0.4) is 0 Å². The van der Waals surface area contributed by atoms with Gasteiger partial charge in [0.05, 0.1) is 4.70 Å². The van der Waals surface area contributed by atoms with Gasteiger partial charge in [0.1, 0.15) is 11.3 Å². The summed E-state index contributed by atoms with van der Waals surface area (Å²) in [5.41, 5.74) is 2.71. The van der Waals surface area contributed by atoms with E-state index >= 15 is 0 Å². The highest BCUT2D eigenvalue weighted by molar-refractivity contribution is 7.16. The van der Waals surface area contributed by atoms with Crippen molar-refractivity contribution in [3.8, 4) is 5.75 Å². The summed E-state index contributed by atoms with van der Waals surface area (Å²) in [7, 11) is 0. The molecule has 0 atom stereocenters. The van der Waals surface area contributed by atoms with Crippen molar-refractivity contribution in [1.82, 2.24) is 20.5 Å². The van der Waals surface area contributed by atoms with E-state index in [0.29, 0.717) is 36.1 Å². The number of carbonyl (C=O) groups excluding carboxylic acids is 1. The van der Waals surface area contributed by atoms with Gasteiger partial charge in [0.25, 0.3) is 0 Å². The number of halogens is 1. The third-order valence-electron chi connectivity index (χ3n) is 5.79. The number of phenolic OH excluding ortho intramolecular Hbond substituents is 1. The van der Waals surface area contributed by atoms with Crippen LogP contribution in [0.1, 0.15) is 31.4 Å². The van der Waals surface area contributed by atoms with Crippen molar-refractivity contribution in [2.45, 2.75) is 39.2 Å². The van der Waals surface area contributed by atoms with Crippen molar-refractivity contribution in [1.29, 1.82) is 0 Å². The molecule has 1 heterocycles. The normalized spacial score (nSPS) is 11.6. The first kappa shape index (κ1) is 26.2. The number of aromatic hydroxyl groups is 1. The number of thiazole rings is 1. The summed E-state index contributed by atoms with van der Waals surface area (Å²) in [6, 6.07) is 11.5. The first-order valence-corrected chi connectivity index (χ1v) is 12.8. The number of hydrogen-bond acceptors (Lipinski definition) is 6. The molecule has 0 aliphatic rings. The average molecular weight is 505 g/mol. The van der Waals surface area contributed by atoms with Gasteiger partial charge >= 0.3 is 4.87 Å². The van der Waals surface area contributed by atoms with Gasteiger partial charge in [-0.25, -0.2) is 0 Å². The lowest BCUT2D eigenvalue weighted by atomic mass is 10.1. The van der Waals surface area contributed by atoms with E-state index in [9.17, 15) is 14.7 Å². The Labute approximate surface area is 209 Å². The number of phenols is 1. The molecule has 3 aromatic rings. The Kier molecular flexibility index (Phi) is 9.95. The molecule has 34 heavy (non-hydrogen) atoms. The third-order valence-corrected chi connectivity index (χ3v) is 7.00. The second-order valence-corrected chi connectivity index (χ2v) is 9.99. The van der Waals surface area contributed by atoms with E-state index in [4.69, 9.17) is 11.6 Å². The molecule has 0 radical (unpaired) electrons. The highest BCUT2D eigenvalue weighted by Gasteiger charge is 2.12. The molecule has 1 amide bonds. The minimum atomic E-state index is -0.160. The number of aromatic nitrogens is 1. The Morgan fingerprint density at radius 2 is 1.85 bits per heavy atom. The number of nitrogens with one attached hydrogen (secondary N) is 3. The molecule has 3 rings (SSSR count). The zero-order valence-corrected chi connectivity index (χ0v) is 21.3. The maximum atomic E-state index is 12.3. The molecule has 9 heteroatoms. The minimum absolute atomic E-state index is 0.0643. The van der Waals surface area contributed by atoms with Gasteiger partial charge in [0, 0.05) is 43.7 Å². The molecule has 184 valence electrons. The van der Waals surface area contributed by atoms with Crippen LogP contribution in [0.4, 0.5) is 0 Å². The predicted octanol–water partition coefficient (Wildman–Crippen LogP) is 3.54. The number of fused-ring (bicyclic) bond motifs is 1. The zero-order chi connectivity index (χ0) is 24.5. The fourth-order valence-electron chi connectivity index (χ4n) is 3.80. The number of amides is 1. The maximum absolute atomic E-state index is 12.3. The van der Waals surface area contributed by atoms with E-state index < -0.39 is 0 Å². The number of aromatic amines is 1. The molecule has 7 nitrogen and oxygen atoms in total. The van der Waals surface area contributed by atoms with Gasteiger partial charge in [-0.1, -0.05) is 41.1 Å². The van der Waals surface area contributed by atoms with Gasteiger partial charge in [-0.05, 0) is 62.6 Å². The van der Waals surface area contributed by atoms with E-state index in [2.05, 4.69) is 34.4 Å². The Morgan fingerprint density at radius 1 is 1.09 bits per heavy atom. The molecule has 0 aliphatic heterocycles. The monoisotopic (exact) mass is 504 g/mol. The van der Waals surface area contributed by atoms with Gasteiger partial charge in [-0.15, -0.1) is 0 Å². The summed E-state index contributed by atoms with van der Waals surface area (Å²) >= 11 is 7.03. The van der Waals surface area contributed by atoms with E-state index in [0.717, 1.165) is 59.6 Å². The first-order valence-electron chi connectivity index (χ1n) is 11.6. The lowest BCUT2D eigenvalue weighted by molar-refractivity contribution is -0.121. The van der Waals surface area contributed by atoms with Crippen LogP contribution in [-0.4, -0.2) is 59.7 Å². The summed E-state index contributed by atoms with van der Waals surface area (Å²) < 4.78 is 0.817. The predicted molar refractivity (Wildman–Crippen MR) is 140 cm³/mol. The lowest BCUT2D eigenvalue weighted by Crippen LogP contribution is -2.40. The van der Waals surface area contributed by atoms with Crippen molar-refractivity contribution in [2.24, 2.45) is 0 Å². The zero-order valence-electron chi connectivity index (χ0n) is 19.7. The molecule has 0 bridgehead atoms. The maximum Gasteiger partial charge on any atom is 0.305 e. The largest absolute Gasteiger partial charge is 0.506 e. The molecular formula is C25H33ClN4O3S. The van der Waals surface area contributed by atoms with E-state index in [1.165, 1.54) is 0 Å². The van der Waals surface area contributed by atoms with Crippen LogP contribution in [0.2, 0.25) is 5.02 Å². The van der Waals surface area contributed by atoms with Gasteiger partial charge in [-0.2, -0.15) is 0 Å². The molecule has 0 saturated heterocycles. The number of benzene rings is 2. The van der Waals surface area contributed by atoms with Crippen molar-refractivity contribution in [3.63, 3.8) is 0 Å².